The number of hydrogen-bond acceptors (Lipinski definition) is 2. The molecule has 0 unspecified atom stereocenters. The molecule has 4 nitrogen and oxygen atoms in total. The smallest absolute Gasteiger partial charge is 0.243 e. The maximum absolute atomic E-state index is 13.9. The van der Waals surface area contributed by atoms with Crippen LogP contribution >= 0.6 is 34.8 Å². The molecule has 1 fully saturated rings. The molecule has 0 spiro atoms. The third-order valence-electron chi connectivity index (χ3n) is 6.85. The van der Waals surface area contributed by atoms with Crippen LogP contribution in [-0.2, 0) is 29.0 Å². The van der Waals surface area contributed by atoms with Gasteiger partial charge in [0.15, 0.2) is 0 Å². The minimum absolute atomic E-state index is 0.131. The van der Waals surface area contributed by atoms with E-state index in [2.05, 4.69) is 5.32 Å². The first-order valence-corrected chi connectivity index (χ1v) is 13.8. The molecule has 194 valence electrons. The quantitative estimate of drug-likeness (QED) is 0.301. The van der Waals surface area contributed by atoms with E-state index in [4.69, 9.17) is 34.8 Å². The Kier molecular flexibility index (Phi) is 9.90. The summed E-state index contributed by atoms with van der Waals surface area (Å²) in [7, 11) is 0. The van der Waals surface area contributed by atoms with Crippen molar-refractivity contribution < 1.29 is 9.59 Å². The standard InChI is InChI=1S/C30H31Cl3N2O2/c31-24-14-11-22(12-15-24)18-29(36)35(20-23-13-16-25(32)19-27(23)33)28(17-21-7-3-1-4-8-21)30(37)34-26-9-5-2-6-10-26/h1,3-4,7-8,11-16,19,26,28H,2,5-6,9-10,17-18,20H2,(H,34,37)/t28-/m0/s1. The van der Waals surface area contributed by atoms with Crippen LogP contribution in [0.4, 0.5) is 0 Å². The molecular weight excluding hydrogens is 527 g/mol. The van der Waals surface area contributed by atoms with Crippen molar-refractivity contribution in [1.82, 2.24) is 10.2 Å². The third-order valence-corrected chi connectivity index (χ3v) is 7.69. The highest BCUT2D eigenvalue weighted by atomic mass is 35.5. The van der Waals surface area contributed by atoms with E-state index in [1.807, 2.05) is 48.5 Å². The summed E-state index contributed by atoms with van der Waals surface area (Å²) in [6.07, 6.45) is 5.88. The van der Waals surface area contributed by atoms with E-state index >= 15 is 0 Å². The SMILES string of the molecule is O=C(NC1CCCCC1)[C@H](Cc1ccccc1)N(Cc1ccc(Cl)cc1Cl)C(=O)Cc1ccc(Cl)cc1. The zero-order valence-corrected chi connectivity index (χ0v) is 22.9. The van der Waals surface area contributed by atoms with Crippen LogP contribution in [0.3, 0.4) is 0 Å². The Morgan fingerprint density at radius 3 is 2.19 bits per heavy atom. The van der Waals surface area contributed by atoms with E-state index in [9.17, 15) is 9.59 Å². The Labute approximate surface area is 233 Å². The van der Waals surface area contributed by atoms with Crippen molar-refractivity contribution in [1.29, 1.82) is 0 Å². The van der Waals surface area contributed by atoms with Gasteiger partial charge in [0.1, 0.15) is 6.04 Å². The Hall–Kier alpha value is -2.53. The minimum Gasteiger partial charge on any atom is -0.352 e. The predicted octanol–water partition coefficient (Wildman–Crippen LogP) is 7.28. The van der Waals surface area contributed by atoms with Gasteiger partial charge >= 0.3 is 0 Å². The molecule has 1 atom stereocenters. The Balaban J connectivity index is 1.67. The summed E-state index contributed by atoms with van der Waals surface area (Å²) >= 11 is 18.7. The van der Waals surface area contributed by atoms with Crippen LogP contribution in [0.2, 0.25) is 15.1 Å². The highest BCUT2D eigenvalue weighted by Crippen LogP contribution is 2.25. The summed E-state index contributed by atoms with van der Waals surface area (Å²) in [5.74, 6) is -0.293. The average Bonchev–Trinajstić information content (AvgIpc) is 2.89. The molecule has 1 aliphatic carbocycles. The Morgan fingerprint density at radius 1 is 0.838 bits per heavy atom. The molecule has 0 saturated heterocycles. The molecule has 3 aromatic rings. The molecule has 2 amide bonds. The number of amides is 2. The van der Waals surface area contributed by atoms with Gasteiger partial charge in [-0.2, -0.15) is 0 Å². The molecular formula is C30H31Cl3N2O2. The lowest BCUT2D eigenvalue weighted by atomic mass is 9.94. The van der Waals surface area contributed by atoms with Crippen molar-refractivity contribution in [3.8, 4) is 0 Å². The molecule has 0 aliphatic heterocycles. The van der Waals surface area contributed by atoms with Gasteiger partial charge < -0.3 is 10.2 Å². The van der Waals surface area contributed by atoms with Crippen molar-refractivity contribution in [3.63, 3.8) is 0 Å². The lowest BCUT2D eigenvalue weighted by Crippen LogP contribution is -2.53. The normalized spacial score (nSPS) is 14.7. The maximum Gasteiger partial charge on any atom is 0.243 e. The van der Waals surface area contributed by atoms with Gasteiger partial charge in [-0.05, 0) is 53.8 Å². The molecule has 0 bridgehead atoms. The first kappa shape index (κ1) is 27.5. The lowest BCUT2D eigenvalue weighted by Gasteiger charge is -2.34. The summed E-state index contributed by atoms with van der Waals surface area (Å²) in [6, 6.07) is 21.7. The first-order chi connectivity index (χ1) is 17.9. The number of carbonyl (C=O) groups is 2. The first-order valence-electron chi connectivity index (χ1n) is 12.7. The van der Waals surface area contributed by atoms with Crippen molar-refractivity contribution in [2.75, 3.05) is 0 Å². The van der Waals surface area contributed by atoms with Crippen LogP contribution < -0.4 is 5.32 Å². The van der Waals surface area contributed by atoms with Gasteiger partial charge in [-0.1, -0.05) is 103 Å². The number of hydrogen-bond donors (Lipinski definition) is 1. The van der Waals surface area contributed by atoms with Crippen molar-refractivity contribution in [3.05, 3.63) is 105 Å². The summed E-state index contributed by atoms with van der Waals surface area (Å²) < 4.78 is 0. The highest BCUT2D eigenvalue weighted by molar-refractivity contribution is 6.35. The van der Waals surface area contributed by atoms with Crippen molar-refractivity contribution in [2.45, 2.75) is 63.6 Å². The molecule has 1 aliphatic rings. The largest absolute Gasteiger partial charge is 0.352 e. The van der Waals surface area contributed by atoms with Crippen molar-refractivity contribution in [2.24, 2.45) is 0 Å². The number of carbonyl (C=O) groups excluding carboxylic acids is 2. The van der Waals surface area contributed by atoms with Crippen LogP contribution in [0.1, 0.15) is 48.8 Å². The Morgan fingerprint density at radius 2 is 1.51 bits per heavy atom. The van der Waals surface area contributed by atoms with Gasteiger partial charge in [0.05, 0.1) is 6.42 Å². The number of rotatable bonds is 9. The van der Waals surface area contributed by atoms with E-state index < -0.39 is 6.04 Å². The van der Waals surface area contributed by atoms with Gasteiger partial charge in [-0.15, -0.1) is 0 Å². The molecule has 7 heteroatoms. The number of nitrogens with zero attached hydrogens (tertiary/aromatic N) is 1. The second-order valence-electron chi connectivity index (χ2n) is 9.61. The van der Waals surface area contributed by atoms with Crippen LogP contribution in [0.5, 0.6) is 0 Å². The lowest BCUT2D eigenvalue weighted by molar-refractivity contribution is -0.141. The Bertz CT molecular complexity index is 1200. The van der Waals surface area contributed by atoms with E-state index in [0.29, 0.717) is 21.5 Å². The fraction of sp³-hybridized carbons (Fsp3) is 0.333. The molecule has 0 aromatic heterocycles. The minimum atomic E-state index is -0.698. The van der Waals surface area contributed by atoms with Gasteiger partial charge in [0.2, 0.25) is 11.8 Å². The molecule has 1 saturated carbocycles. The van der Waals surface area contributed by atoms with E-state index in [1.165, 1.54) is 6.42 Å². The molecule has 4 rings (SSSR count). The molecule has 0 heterocycles. The van der Waals surface area contributed by atoms with E-state index in [-0.39, 0.29) is 30.8 Å². The van der Waals surface area contributed by atoms with Gasteiger partial charge in [-0.25, -0.2) is 0 Å². The average molecular weight is 558 g/mol. The molecule has 1 N–H and O–H groups in total. The summed E-state index contributed by atoms with van der Waals surface area (Å²) in [5, 5.41) is 4.84. The number of benzene rings is 3. The maximum atomic E-state index is 13.9. The summed E-state index contributed by atoms with van der Waals surface area (Å²) in [4.78, 5) is 29.3. The predicted molar refractivity (Wildman–Crippen MR) is 151 cm³/mol. The molecule has 0 radical (unpaired) electrons. The zero-order valence-electron chi connectivity index (χ0n) is 20.6. The van der Waals surface area contributed by atoms with E-state index in [0.717, 1.165) is 42.4 Å². The topological polar surface area (TPSA) is 49.4 Å². The van der Waals surface area contributed by atoms with Crippen LogP contribution in [0, 0.1) is 0 Å². The van der Waals surface area contributed by atoms with Crippen LogP contribution in [0.15, 0.2) is 72.8 Å². The van der Waals surface area contributed by atoms with Gasteiger partial charge in [-0.3, -0.25) is 9.59 Å². The summed E-state index contributed by atoms with van der Waals surface area (Å²) in [5.41, 5.74) is 2.55. The highest BCUT2D eigenvalue weighted by Gasteiger charge is 2.32. The van der Waals surface area contributed by atoms with Crippen LogP contribution in [0.25, 0.3) is 0 Å². The van der Waals surface area contributed by atoms with Gasteiger partial charge in [0.25, 0.3) is 0 Å². The second kappa shape index (κ2) is 13.3. The summed E-state index contributed by atoms with van der Waals surface area (Å²) in [6.45, 7) is 0.192. The fourth-order valence-corrected chi connectivity index (χ4v) is 5.40. The van der Waals surface area contributed by atoms with Crippen molar-refractivity contribution >= 4 is 46.6 Å². The molecule has 37 heavy (non-hydrogen) atoms. The monoisotopic (exact) mass is 556 g/mol. The number of nitrogens with one attached hydrogen (secondary N) is 1. The number of halogens is 3. The fourth-order valence-electron chi connectivity index (χ4n) is 4.81. The zero-order chi connectivity index (χ0) is 26.2. The second-order valence-corrected chi connectivity index (χ2v) is 10.9. The van der Waals surface area contributed by atoms with Gasteiger partial charge in [0, 0.05) is 34.1 Å². The third kappa shape index (κ3) is 7.98. The molecule has 3 aromatic carbocycles. The van der Waals surface area contributed by atoms with Crippen LogP contribution in [-0.4, -0.2) is 28.8 Å². The van der Waals surface area contributed by atoms with E-state index in [1.54, 1.807) is 29.2 Å².